The van der Waals surface area contributed by atoms with Gasteiger partial charge < -0.3 is 20.3 Å². The molecule has 6 nitrogen and oxygen atoms in total. The molecule has 1 heterocycles. The Kier molecular flexibility index (Phi) is 6.17. The van der Waals surface area contributed by atoms with Gasteiger partial charge in [-0.15, -0.1) is 0 Å². The number of urea groups is 1. The molecule has 2 rings (SSSR count). The summed E-state index contributed by atoms with van der Waals surface area (Å²) in [6.07, 6.45) is 0. The number of likely N-dealkylation sites (N-methyl/N-ethyl adjacent to an activating group) is 1. The van der Waals surface area contributed by atoms with E-state index >= 15 is 0 Å². The van der Waals surface area contributed by atoms with Crippen LogP contribution in [0.5, 0.6) is 0 Å². The Labute approximate surface area is 136 Å². The topological polar surface area (TPSA) is 71.9 Å². The van der Waals surface area contributed by atoms with Crippen molar-refractivity contribution in [1.29, 1.82) is 0 Å². The van der Waals surface area contributed by atoms with Crippen LogP contribution in [0.3, 0.4) is 0 Å². The highest BCUT2D eigenvalue weighted by Crippen LogP contribution is 2.07. The number of hydrogen-bond donors (Lipinski definition) is 3. The van der Waals surface area contributed by atoms with Crippen molar-refractivity contribution in [2.45, 2.75) is 20.4 Å². The van der Waals surface area contributed by atoms with E-state index in [1.54, 1.807) is 6.92 Å². The minimum Gasteiger partial charge on any atom is -0.463 e. The fraction of sp³-hybridized carbons (Fsp3) is 0.412. The molecule has 0 aliphatic carbocycles. The number of rotatable bonds is 7. The SMILES string of the molecule is CCOC(=O)C1=C(C[NH+](CC)Cc2ccccc2)NC(=O)NC1. The predicted octanol–water partition coefficient (Wildman–Crippen LogP) is 0.221. The normalized spacial score (nSPS) is 15.7. The van der Waals surface area contributed by atoms with Crippen LogP contribution in [0, 0.1) is 0 Å². The number of quaternary nitrogens is 1. The standard InChI is InChI=1S/C17H23N3O3/c1-3-20(11-13-8-6-5-7-9-13)12-15-14(16(21)23-4-2)10-18-17(22)19-15/h5-9H,3-4,10-12H2,1-2H3,(H2,18,19,22)/p+1. The van der Waals surface area contributed by atoms with E-state index in [9.17, 15) is 9.59 Å². The lowest BCUT2D eigenvalue weighted by Crippen LogP contribution is -3.10. The van der Waals surface area contributed by atoms with E-state index < -0.39 is 0 Å². The zero-order chi connectivity index (χ0) is 16.7. The van der Waals surface area contributed by atoms with Crippen molar-refractivity contribution in [2.75, 3.05) is 26.2 Å². The van der Waals surface area contributed by atoms with Crippen molar-refractivity contribution in [3.05, 3.63) is 47.2 Å². The molecule has 6 heteroatoms. The molecule has 0 radical (unpaired) electrons. The molecule has 1 aromatic rings. The van der Waals surface area contributed by atoms with Crippen molar-refractivity contribution < 1.29 is 19.2 Å². The van der Waals surface area contributed by atoms with Gasteiger partial charge in [0, 0.05) is 5.56 Å². The maximum atomic E-state index is 12.1. The zero-order valence-electron chi connectivity index (χ0n) is 13.6. The van der Waals surface area contributed by atoms with E-state index in [4.69, 9.17) is 4.74 Å². The second-order valence-electron chi connectivity index (χ2n) is 5.43. The molecule has 1 unspecified atom stereocenters. The van der Waals surface area contributed by atoms with Crippen molar-refractivity contribution in [3.63, 3.8) is 0 Å². The van der Waals surface area contributed by atoms with Crippen LogP contribution in [0.1, 0.15) is 19.4 Å². The van der Waals surface area contributed by atoms with Crippen LogP contribution in [-0.2, 0) is 16.1 Å². The smallest absolute Gasteiger partial charge is 0.337 e. The van der Waals surface area contributed by atoms with E-state index in [1.165, 1.54) is 10.5 Å². The van der Waals surface area contributed by atoms with Crippen molar-refractivity contribution in [2.24, 2.45) is 0 Å². The monoisotopic (exact) mass is 318 g/mol. The Morgan fingerprint density at radius 3 is 2.61 bits per heavy atom. The van der Waals surface area contributed by atoms with E-state index in [-0.39, 0.29) is 18.5 Å². The van der Waals surface area contributed by atoms with Crippen LogP contribution in [0.4, 0.5) is 4.79 Å². The lowest BCUT2D eigenvalue weighted by Gasteiger charge is -2.25. The summed E-state index contributed by atoms with van der Waals surface area (Å²) in [4.78, 5) is 24.9. The fourth-order valence-corrected chi connectivity index (χ4v) is 2.54. The number of esters is 1. The summed E-state index contributed by atoms with van der Waals surface area (Å²) in [5, 5.41) is 5.39. The first-order valence-electron chi connectivity index (χ1n) is 7.95. The fourth-order valence-electron chi connectivity index (χ4n) is 2.54. The van der Waals surface area contributed by atoms with Crippen molar-refractivity contribution in [3.8, 4) is 0 Å². The molecule has 0 saturated heterocycles. The number of carbonyl (C=O) groups excluding carboxylic acids is 2. The second kappa shape index (κ2) is 8.33. The first kappa shape index (κ1) is 17.0. The maximum Gasteiger partial charge on any atom is 0.337 e. The summed E-state index contributed by atoms with van der Waals surface area (Å²) in [7, 11) is 0. The van der Waals surface area contributed by atoms with Gasteiger partial charge in [0.15, 0.2) is 0 Å². The first-order valence-corrected chi connectivity index (χ1v) is 7.95. The number of carbonyl (C=O) groups is 2. The van der Waals surface area contributed by atoms with Gasteiger partial charge in [0.2, 0.25) is 0 Å². The minimum atomic E-state index is -0.370. The van der Waals surface area contributed by atoms with E-state index in [0.29, 0.717) is 24.4 Å². The molecule has 0 aromatic heterocycles. The molecule has 1 aliphatic rings. The third-order valence-electron chi connectivity index (χ3n) is 3.80. The van der Waals surface area contributed by atoms with Crippen LogP contribution < -0.4 is 15.5 Å². The lowest BCUT2D eigenvalue weighted by molar-refractivity contribution is -0.907. The Balaban J connectivity index is 2.14. The summed E-state index contributed by atoms with van der Waals surface area (Å²) in [5.74, 6) is -0.370. The summed E-state index contributed by atoms with van der Waals surface area (Å²) >= 11 is 0. The van der Waals surface area contributed by atoms with E-state index in [0.717, 1.165) is 13.1 Å². The van der Waals surface area contributed by atoms with Gasteiger partial charge in [0.25, 0.3) is 0 Å². The van der Waals surface area contributed by atoms with Crippen molar-refractivity contribution >= 4 is 12.0 Å². The number of hydrogen-bond acceptors (Lipinski definition) is 3. The number of benzene rings is 1. The molecule has 2 amide bonds. The predicted molar refractivity (Wildman–Crippen MR) is 86.7 cm³/mol. The van der Waals surface area contributed by atoms with E-state index in [1.807, 2.05) is 18.2 Å². The molecule has 1 aromatic carbocycles. The van der Waals surface area contributed by atoms with E-state index in [2.05, 4.69) is 29.7 Å². The number of ether oxygens (including phenoxy) is 1. The van der Waals surface area contributed by atoms with Gasteiger partial charge in [-0.05, 0) is 13.8 Å². The summed E-state index contributed by atoms with van der Waals surface area (Å²) < 4.78 is 5.08. The highest BCUT2D eigenvalue weighted by atomic mass is 16.5. The van der Waals surface area contributed by atoms with Gasteiger partial charge in [-0.1, -0.05) is 30.3 Å². The Hall–Kier alpha value is -2.34. The number of nitrogens with one attached hydrogen (secondary N) is 3. The molecule has 0 spiro atoms. The van der Waals surface area contributed by atoms with Gasteiger partial charge in [-0.3, -0.25) is 0 Å². The van der Waals surface area contributed by atoms with Gasteiger partial charge in [0.1, 0.15) is 13.1 Å². The molecule has 0 saturated carbocycles. The average Bonchev–Trinajstić information content (AvgIpc) is 2.55. The molecule has 124 valence electrons. The Morgan fingerprint density at radius 2 is 1.96 bits per heavy atom. The number of amides is 2. The minimum absolute atomic E-state index is 0.211. The average molecular weight is 318 g/mol. The summed E-state index contributed by atoms with van der Waals surface area (Å²) in [6, 6.07) is 9.90. The second-order valence-corrected chi connectivity index (χ2v) is 5.43. The van der Waals surface area contributed by atoms with Crippen LogP contribution in [0.15, 0.2) is 41.6 Å². The van der Waals surface area contributed by atoms with Gasteiger partial charge in [-0.25, -0.2) is 9.59 Å². The summed E-state index contributed by atoms with van der Waals surface area (Å²) in [5.41, 5.74) is 2.38. The molecule has 0 bridgehead atoms. The molecule has 1 atom stereocenters. The van der Waals surface area contributed by atoms with Crippen LogP contribution >= 0.6 is 0 Å². The van der Waals surface area contributed by atoms with Crippen molar-refractivity contribution in [1.82, 2.24) is 10.6 Å². The maximum absolute atomic E-state index is 12.1. The highest BCUT2D eigenvalue weighted by molar-refractivity contribution is 5.93. The van der Waals surface area contributed by atoms with Gasteiger partial charge in [-0.2, -0.15) is 0 Å². The largest absolute Gasteiger partial charge is 0.463 e. The highest BCUT2D eigenvalue weighted by Gasteiger charge is 2.26. The summed E-state index contributed by atoms with van der Waals surface area (Å²) in [6.45, 7) is 6.68. The third-order valence-corrected chi connectivity index (χ3v) is 3.80. The Bertz CT molecular complexity index is 584. The molecule has 0 fully saturated rings. The third kappa shape index (κ3) is 4.82. The zero-order valence-corrected chi connectivity index (χ0v) is 13.6. The van der Waals surface area contributed by atoms with Gasteiger partial charge in [0.05, 0.1) is 31.0 Å². The molecule has 23 heavy (non-hydrogen) atoms. The van der Waals surface area contributed by atoms with Gasteiger partial charge >= 0.3 is 12.0 Å². The molecular formula is C17H24N3O3+. The quantitative estimate of drug-likeness (QED) is 0.630. The van der Waals surface area contributed by atoms with Crippen LogP contribution in [-0.4, -0.2) is 38.2 Å². The molecule has 3 N–H and O–H groups in total. The lowest BCUT2D eigenvalue weighted by atomic mass is 10.1. The van der Waals surface area contributed by atoms with Crippen LogP contribution in [0.25, 0.3) is 0 Å². The molecule has 1 aliphatic heterocycles. The molecular weight excluding hydrogens is 294 g/mol. The van der Waals surface area contributed by atoms with Crippen LogP contribution in [0.2, 0.25) is 0 Å². The Morgan fingerprint density at radius 1 is 1.22 bits per heavy atom. The first-order chi connectivity index (χ1) is 11.1.